The van der Waals surface area contributed by atoms with Crippen LogP contribution in [0, 0.1) is 5.92 Å². The van der Waals surface area contributed by atoms with Crippen LogP contribution in [0.5, 0.6) is 0 Å². The van der Waals surface area contributed by atoms with Crippen molar-refractivity contribution in [2.75, 3.05) is 0 Å². The van der Waals surface area contributed by atoms with Gasteiger partial charge in [-0.25, -0.2) is 4.79 Å². The van der Waals surface area contributed by atoms with E-state index in [9.17, 15) is 9.59 Å². The molecule has 0 saturated heterocycles. The molecule has 27 heavy (non-hydrogen) atoms. The van der Waals surface area contributed by atoms with E-state index in [1.54, 1.807) is 0 Å². The molecule has 3 rings (SSSR count). The topological polar surface area (TPSA) is 68.3 Å². The number of nitrogens with one attached hydrogen (secondary N) is 1. The summed E-state index contributed by atoms with van der Waals surface area (Å²) in [6.45, 7) is 9.47. The average Bonchev–Trinajstić information content (AvgIpc) is 3.41. The number of ether oxygens (including phenoxy) is 1. The molecular weight excluding hydrogens is 340 g/mol. The van der Waals surface area contributed by atoms with Gasteiger partial charge in [0.05, 0.1) is 11.1 Å². The number of pyridine rings is 1. The molecule has 1 aromatic carbocycles. The summed E-state index contributed by atoms with van der Waals surface area (Å²) in [5.41, 5.74) is 1.81. The van der Waals surface area contributed by atoms with Crippen molar-refractivity contribution < 1.29 is 14.3 Å². The molecule has 1 saturated carbocycles. The number of fused-ring (bicyclic) bond motifs is 1. The second-order valence-electron chi connectivity index (χ2n) is 8.70. The van der Waals surface area contributed by atoms with Crippen LogP contribution in [0.3, 0.4) is 0 Å². The predicted molar refractivity (Wildman–Crippen MR) is 106 cm³/mol. The summed E-state index contributed by atoms with van der Waals surface area (Å²) in [5.74, 6) is -0.455. The summed E-state index contributed by atoms with van der Waals surface area (Å²) in [7, 11) is 0. The van der Waals surface area contributed by atoms with Gasteiger partial charge >= 0.3 is 5.97 Å². The number of carbonyl (C=O) groups is 2. The quantitative estimate of drug-likeness (QED) is 0.803. The lowest BCUT2D eigenvalue weighted by atomic mass is 10.0. The molecule has 1 fully saturated rings. The Kier molecular flexibility index (Phi) is 5.22. The van der Waals surface area contributed by atoms with Crippen molar-refractivity contribution in [1.29, 1.82) is 0 Å². The summed E-state index contributed by atoms with van der Waals surface area (Å²) in [4.78, 5) is 30.3. The first kappa shape index (κ1) is 19.3. The van der Waals surface area contributed by atoms with Crippen LogP contribution in [0.15, 0.2) is 30.3 Å². The second kappa shape index (κ2) is 7.29. The molecule has 0 aliphatic heterocycles. The number of amides is 1. The molecule has 2 aromatic rings. The van der Waals surface area contributed by atoms with Crippen LogP contribution in [0.25, 0.3) is 10.9 Å². The minimum Gasteiger partial charge on any atom is -0.448 e. The fourth-order valence-corrected chi connectivity index (χ4v) is 3.06. The molecule has 1 aliphatic carbocycles. The molecule has 1 N–H and O–H groups in total. The number of hydrogen-bond donors (Lipinski definition) is 1. The first-order chi connectivity index (χ1) is 12.7. The van der Waals surface area contributed by atoms with Gasteiger partial charge in [0.2, 0.25) is 0 Å². The number of carbonyl (C=O) groups excluding carboxylic acids is 2. The number of esters is 1. The molecule has 0 radical (unpaired) electrons. The molecule has 0 bridgehead atoms. The fraction of sp³-hybridized carbons (Fsp3) is 0.500. The summed E-state index contributed by atoms with van der Waals surface area (Å²) in [6.07, 6.45) is 1.36. The minimum absolute atomic E-state index is 0.132. The molecule has 1 amide bonds. The number of benzene rings is 1. The van der Waals surface area contributed by atoms with Crippen LogP contribution in [0.4, 0.5) is 0 Å². The van der Waals surface area contributed by atoms with Gasteiger partial charge in [0, 0.05) is 22.5 Å². The highest BCUT2D eigenvalue weighted by atomic mass is 16.5. The summed E-state index contributed by atoms with van der Waals surface area (Å²) >= 11 is 0. The van der Waals surface area contributed by atoms with Gasteiger partial charge in [-0.05, 0) is 51.7 Å². The molecule has 0 spiro atoms. The summed E-state index contributed by atoms with van der Waals surface area (Å²) < 4.78 is 5.69. The Balaban J connectivity index is 1.91. The molecule has 1 aliphatic rings. The van der Waals surface area contributed by atoms with E-state index < -0.39 is 12.1 Å². The Morgan fingerprint density at radius 1 is 1.19 bits per heavy atom. The molecule has 5 nitrogen and oxygen atoms in total. The fourth-order valence-electron chi connectivity index (χ4n) is 3.06. The van der Waals surface area contributed by atoms with Gasteiger partial charge in [0.15, 0.2) is 6.10 Å². The summed E-state index contributed by atoms with van der Waals surface area (Å²) in [6, 6.07) is 9.40. The maximum atomic E-state index is 13.0. The molecule has 1 aromatic heterocycles. The highest BCUT2D eigenvalue weighted by Gasteiger charge is 2.31. The van der Waals surface area contributed by atoms with E-state index in [0.29, 0.717) is 11.5 Å². The maximum Gasteiger partial charge on any atom is 0.339 e. The number of para-hydroxylation sites is 1. The molecule has 144 valence electrons. The van der Waals surface area contributed by atoms with Crippen LogP contribution >= 0.6 is 0 Å². The molecular formula is C22H28N2O3. The third-order valence-electron chi connectivity index (χ3n) is 4.55. The highest BCUT2D eigenvalue weighted by molar-refractivity contribution is 6.04. The van der Waals surface area contributed by atoms with Gasteiger partial charge in [-0.1, -0.05) is 32.0 Å². The van der Waals surface area contributed by atoms with Crippen LogP contribution < -0.4 is 5.32 Å². The van der Waals surface area contributed by atoms with Gasteiger partial charge in [-0.3, -0.25) is 9.78 Å². The van der Waals surface area contributed by atoms with Crippen LogP contribution in [-0.4, -0.2) is 28.5 Å². The van der Waals surface area contributed by atoms with E-state index >= 15 is 0 Å². The van der Waals surface area contributed by atoms with Crippen molar-refractivity contribution in [1.82, 2.24) is 10.3 Å². The number of hydrogen-bond acceptors (Lipinski definition) is 4. The third-order valence-corrected chi connectivity index (χ3v) is 4.55. The SMILES string of the molecule is CC(C)[C@@H](OC(=O)c1cc(C2CC2)nc2ccccc12)C(=O)NC(C)(C)C. The number of rotatable bonds is 5. The molecule has 5 heteroatoms. The Morgan fingerprint density at radius 2 is 1.85 bits per heavy atom. The van der Waals surface area contributed by atoms with Crippen LogP contribution in [0.2, 0.25) is 0 Å². The minimum atomic E-state index is -0.840. The first-order valence-corrected chi connectivity index (χ1v) is 9.58. The monoisotopic (exact) mass is 368 g/mol. The number of nitrogens with zero attached hydrogens (tertiary/aromatic N) is 1. The zero-order valence-electron chi connectivity index (χ0n) is 16.7. The zero-order valence-corrected chi connectivity index (χ0v) is 16.7. The normalized spacial score (nSPS) is 15.6. The Hall–Kier alpha value is -2.43. The van der Waals surface area contributed by atoms with Crippen molar-refractivity contribution >= 4 is 22.8 Å². The lowest BCUT2D eigenvalue weighted by Crippen LogP contribution is -2.48. The second-order valence-corrected chi connectivity index (χ2v) is 8.70. The highest BCUT2D eigenvalue weighted by Crippen LogP contribution is 2.40. The van der Waals surface area contributed by atoms with Gasteiger partial charge in [0.1, 0.15) is 0 Å². The van der Waals surface area contributed by atoms with Gasteiger partial charge in [-0.15, -0.1) is 0 Å². The number of aromatic nitrogens is 1. The van der Waals surface area contributed by atoms with E-state index in [0.717, 1.165) is 29.4 Å². The Bertz CT molecular complexity index is 863. The van der Waals surface area contributed by atoms with E-state index in [2.05, 4.69) is 5.32 Å². The Labute approximate surface area is 160 Å². The Morgan fingerprint density at radius 3 is 2.44 bits per heavy atom. The largest absolute Gasteiger partial charge is 0.448 e. The van der Waals surface area contributed by atoms with Gasteiger partial charge < -0.3 is 10.1 Å². The third kappa shape index (κ3) is 4.65. The van der Waals surface area contributed by atoms with Crippen LogP contribution in [0.1, 0.15) is 69.4 Å². The van der Waals surface area contributed by atoms with Crippen LogP contribution in [-0.2, 0) is 9.53 Å². The maximum absolute atomic E-state index is 13.0. The van der Waals surface area contributed by atoms with Gasteiger partial charge in [0.25, 0.3) is 5.91 Å². The molecule has 0 unspecified atom stereocenters. The van der Waals surface area contributed by atoms with Crippen molar-refractivity contribution in [2.45, 2.75) is 65.0 Å². The lowest BCUT2D eigenvalue weighted by Gasteiger charge is -2.27. The zero-order chi connectivity index (χ0) is 19.8. The molecule has 1 heterocycles. The average molecular weight is 368 g/mol. The predicted octanol–water partition coefficient (Wildman–Crippen LogP) is 4.21. The standard InChI is InChI=1S/C22H28N2O3/c1-13(2)19(20(25)24-22(3,4)5)27-21(26)16-12-18(14-10-11-14)23-17-9-7-6-8-15(16)17/h6-9,12-14,19H,10-11H2,1-5H3,(H,24,25)/t19-/m1/s1. The van der Waals surface area contributed by atoms with Crippen molar-refractivity contribution in [3.63, 3.8) is 0 Å². The van der Waals surface area contributed by atoms with E-state index in [4.69, 9.17) is 9.72 Å². The molecule has 1 atom stereocenters. The van der Waals surface area contributed by atoms with Crippen molar-refractivity contribution in [3.05, 3.63) is 41.6 Å². The van der Waals surface area contributed by atoms with Crippen molar-refractivity contribution in [2.24, 2.45) is 5.92 Å². The smallest absolute Gasteiger partial charge is 0.339 e. The van der Waals surface area contributed by atoms with E-state index in [1.165, 1.54) is 0 Å². The summed E-state index contributed by atoms with van der Waals surface area (Å²) in [5, 5.41) is 3.66. The van der Waals surface area contributed by atoms with E-state index in [1.807, 2.05) is 65.0 Å². The van der Waals surface area contributed by atoms with Gasteiger partial charge in [-0.2, -0.15) is 0 Å². The first-order valence-electron chi connectivity index (χ1n) is 9.58. The van der Waals surface area contributed by atoms with Crippen molar-refractivity contribution in [3.8, 4) is 0 Å². The lowest BCUT2D eigenvalue weighted by molar-refractivity contribution is -0.133. The van der Waals surface area contributed by atoms with E-state index in [-0.39, 0.29) is 17.4 Å².